The van der Waals surface area contributed by atoms with Gasteiger partial charge in [0.1, 0.15) is 11.9 Å². The fourth-order valence-corrected chi connectivity index (χ4v) is 4.09. The lowest BCUT2D eigenvalue weighted by Crippen LogP contribution is -2.30. The molecule has 11 heteroatoms. The summed E-state index contributed by atoms with van der Waals surface area (Å²) in [5, 5.41) is 24.3. The second-order valence-electron chi connectivity index (χ2n) is 10.5. The average Bonchev–Trinajstić information content (AvgIpc) is 2.82. The summed E-state index contributed by atoms with van der Waals surface area (Å²) in [5.41, 5.74) is 2.22. The molecule has 0 spiro atoms. The third-order valence-corrected chi connectivity index (χ3v) is 5.80. The normalized spacial score (nSPS) is 12.5. The Morgan fingerprint density at radius 2 is 1.65 bits per heavy atom. The fraction of sp³-hybridized carbons (Fsp3) is 0.345. The minimum Gasteiger partial charge on any atom is -0.618 e. The summed E-state index contributed by atoms with van der Waals surface area (Å²) >= 11 is 0. The largest absolute Gasteiger partial charge is 0.618 e. The van der Waals surface area contributed by atoms with E-state index in [0.29, 0.717) is 33.6 Å². The quantitative estimate of drug-likeness (QED) is 0.234. The number of halogens is 3. The second kappa shape index (κ2) is 12.3. The summed E-state index contributed by atoms with van der Waals surface area (Å²) in [4.78, 5) is 23.0. The summed E-state index contributed by atoms with van der Waals surface area (Å²) in [6, 6.07) is 13.5. The Balaban J connectivity index is 1.82. The number of nitrogens with one attached hydrogen (secondary N) is 1. The van der Waals surface area contributed by atoms with Crippen molar-refractivity contribution in [2.75, 3.05) is 6.54 Å². The van der Waals surface area contributed by atoms with Crippen LogP contribution in [0.5, 0.6) is 11.5 Å². The number of benzene rings is 2. The van der Waals surface area contributed by atoms with E-state index in [9.17, 15) is 28.0 Å². The van der Waals surface area contributed by atoms with Gasteiger partial charge < -0.3 is 25.1 Å². The molecule has 1 heterocycles. The molecule has 1 aromatic heterocycles. The zero-order chi connectivity index (χ0) is 29.7. The predicted octanol–water partition coefficient (Wildman–Crippen LogP) is 5.95. The summed E-state index contributed by atoms with van der Waals surface area (Å²) in [6.45, 7) is 7.85. The number of nitrogens with zero attached hydrogens (tertiary/aromatic N) is 1. The highest BCUT2D eigenvalue weighted by atomic mass is 19.4. The van der Waals surface area contributed by atoms with Gasteiger partial charge in [0.05, 0.1) is 6.42 Å². The van der Waals surface area contributed by atoms with Crippen LogP contribution in [-0.4, -0.2) is 29.9 Å². The van der Waals surface area contributed by atoms with Gasteiger partial charge in [0.2, 0.25) is 11.9 Å². The average molecular weight is 561 g/mol. The zero-order valence-corrected chi connectivity index (χ0v) is 22.5. The molecule has 3 rings (SSSR count). The summed E-state index contributed by atoms with van der Waals surface area (Å²) in [6.07, 6.45) is -3.61. The van der Waals surface area contributed by atoms with Crippen LogP contribution >= 0.6 is 0 Å². The molecule has 0 aliphatic heterocycles. The number of carboxylic acid groups (broad SMARTS) is 1. The highest BCUT2D eigenvalue weighted by Gasteiger charge is 2.31. The van der Waals surface area contributed by atoms with E-state index in [-0.39, 0.29) is 29.8 Å². The third kappa shape index (κ3) is 8.89. The maximum Gasteiger partial charge on any atom is 0.573 e. The highest BCUT2D eigenvalue weighted by molar-refractivity contribution is 5.94. The Hall–Kier alpha value is -4.28. The van der Waals surface area contributed by atoms with Gasteiger partial charge in [-0.15, -0.1) is 13.2 Å². The van der Waals surface area contributed by atoms with Gasteiger partial charge >= 0.3 is 12.3 Å². The Morgan fingerprint density at radius 3 is 2.17 bits per heavy atom. The Bertz CT molecular complexity index is 1310. The number of aromatic nitrogens is 1. The molecular formula is C29H31F3N2O6. The van der Waals surface area contributed by atoms with E-state index in [1.165, 1.54) is 18.3 Å². The molecule has 0 radical (unpaired) electrons. The zero-order valence-electron chi connectivity index (χ0n) is 22.5. The number of hydrogen-bond acceptors (Lipinski definition) is 5. The number of alkyl halides is 3. The van der Waals surface area contributed by atoms with Gasteiger partial charge in [0.25, 0.3) is 5.91 Å². The summed E-state index contributed by atoms with van der Waals surface area (Å²) < 4.78 is 48.2. The van der Waals surface area contributed by atoms with E-state index >= 15 is 0 Å². The first kappa shape index (κ1) is 30.3. The van der Waals surface area contributed by atoms with E-state index < -0.39 is 24.3 Å². The van der Waals surface area contributed by atoms with E-state index in [0.717, 1.165) is 17.7 Å². The van der Waals surface area contributed by atoms with Gasteiger partial charge in [-0.25, -0.2) is 0 Å². The van der Waals surface area contributed by atoms with Gasteiger partial charge in [-0.2, -0.15) is 4.73 Å². The first-order valence-electron chi connectivity index (χ1n) is 12.5. The highest BCUT2D eigenvalue weighted by Crippen LogP contribution is 2.34. The van der Waals surface area contributed by atoms with E-state index in [1.807, 2.05) is 20.8 Å². The van der Waals surface area contributed by atoms with Crippen molar-refractivity contribution < 1.29 is 42.1 Å². The van der Waals surface area contributed by atoms with Crippen LogP contribution in [0.1, 0.15) is 61.2 Å². The number of aliphatic carboxylic acids is 1. The van der Waals surface area contributed by atoms with Crippen LogP contribution in [0.25, 0.3) is 11.3 Å². The molecule has 0 aliphatic carbocycles. The van der Waals surface area contributed by atoms with Crippen LogP contribution in [0.4, 0.5) is 13.2 Å². The van der Waals surface area contributed by atoms with Crippen molar-refractivity contribution in [3.63, 3.8) is 0 Å². The molecule has 1 atom stereocenters. The number of ether oxygens (including phenoxy) is 2. The van der Waals surface area contributed by atoms with Crippen molar-refractivity contribution in [2.45, 2.75) is 53.0 Å². The molecule has 0 saturated heterocycles. The number of carbonyl (C=O) groups is 2. The van der Waals surface area contributed by atoms with Crippen LogP contribution in [0.2, 0.25) is 0 Å². The molecule has 1 amide bonds. The van der Waals surface area contributed by atoms with Gasteiger partial charge in [-0.1, -0.05) is 32.9 Å². The molecular weight excluding hydrogens is 529 g/mol. The number of amides is 1. The predicted molar refractivity (Wildman–Crippen MR) is 141 cm³/mol. The number of rotatable bonds is 10. The number of aryl methyl sites for hydroxylation is 1. The number of pyridine rings is 1. The van der Waals surface area contributed by atoms with E-state index in [2.05, 4.69) is 10.1 Å². The van der Waals surface area contributed by atoms with Crippen molar-refractivity contribution in [3.8, 4) is 22.8 Å². The summed E-state index contributed by atoms with van der Waals surface area (Å²) in [5.74, 6) is -1.48. The first-order valence-corrected chi connectivity index (χ1v) is 12.5. The molecule has 8 nitrogen and oxygen atoms in total. The fourth-order valence-electron chi connectivity index (χ4n) is 4.09. The molecule has 0 bridgehead atoms. The minimum atomic E-state index is -4.81. The van der Waals surface area contributed by atoms with E-state index in [1.54, 1.807) is 37.3 Å². The van der Waals surface area contributed by atoms with Crippen molar-refractivity contribution in [1.82, 2.24) is 5.32 Å². The Kier molecular flexibility index (Phi) is 9.28. The molecule has 2 N–H and O–H groups in total. The van der Waals surface area contributed by atoms with Crippen LogP contribution in [-0.2, 0) is 4.79 Å². The molecule has 0 fully saturated rings. The number of carboxylic acids is 1. The van der Waals surface area contributed by atoms with Gasteiger partial charge in [-0.3, -0.25) is 9.59 Å². The molecule has 1 unspecified atom stereocenters. The molecule has 2 aromatic carbocycles. The summed E-state index contributed by atoms with van der Waals surface area (Å²) in [7, 11) is 0. The first-order chi connectivity index (χ1) is 18.6. The molecule has 0 saturated carbocycles. The van der Waals surface area contributed by atoms with E-state index in [4.69, 9.17) is 9.84 Å². The lowest BCUT2D eigenvalue weighted by atomic mass is 9.86. The molecule has 214 valence electrons. The maximum atomic E-state index is 13.0. The van der Waals surface area contributed by atoms with Crippen molar-refractivity contribution >= 4 is 11.9 Å². The maximum absolute atomic E-state index is 13.0. The van der Waals surface area contributed by atoms with Crippen LogP contribution < -0.4 is 19.5 Å². The van der Waals surface area contributed by atoms with Crippen LogP contribution in [0.15, 0.2) is 60.8 Å². The smallest absolute Gasteiger partial charge is 0.573 e. The molecule has 3 aromatic rings. The van der Waals surface area contributed by atoms with Gasteiger partial charge in [-0.05, 0) is 66.8 Å². The second-order valence-corrected chi connectivity index (χ2v) is 10.5. The monoisotopic (exact) mass is 560 g/mol. The van der Waals surface area contributed by atoms with Crippen molar-refractivity contribution in [3.05, 3.63) is 82.7 Å². The van der Waals surface area contributed by atoms with Gasteiger partial charge in [0.15, 0.2) is 5.75 Å². The van der Waals surface area contributed by atoms with Crippen molar-refractivity contribution in [2.24, 2.45) is 5.41 Å². The lowest BCUT2D eigenvalue weighted by molar-refractivity contribution is -0.594. The minimum absolute atomic E-state index is 0.0156. The Labute approximate surface area is 229 Å². The molecule has 0 aliphatic rings. The SMILES string of the molecule is Cc1cc(OC(CC(C)(C)C)c2ccc(C(=O)NCCC(=O)O)cc2)c[n+]([O-])c1-c1ccc(OC(F)(F)F)cc1. The molecule has 40 heavy (non-hydrogen) atoms. The topological polar surface area (TPSA) is 112 Å². The van der Waals surface area contributed by atoms with Crippen LogP contribution in [0.3, 0.4) is 0 Å². The lowest BCUT2D eigenvalue weighted by Gasteiger charge is -2.27. The van der Waals surface area contributed by atoms with Crippen molar-refractivity contribution in [1.29, 1.82) is 0 Å². The number of carbonyl (C=O) groups excluding carboxylic acids is 1. The standard InChI is InChI=1S/C29H31F3N2O6/c1-18-15-23(17-34(38)26(18)20-9-11-22(12-10-20)40-29(30,31)32)39-24(16-28(2,3)4)19-5-7-21(8-6-19)27(37)33-14-13-25(35)36/h5-12,15,17,24H,13-14,16H2,1-4H3,(H,33,37)(H,35,36). The van der Waals surface area contributed by atoms with Crippen LogP contribution in [0, 0.1) is 17.5 Å². The third-order valence-electron chi connectivity index (χ3n) is 5.80. The Morgan fingerprint density at radius 1 is 1.02 bits per heavy atom. The van der Waals surface area contributed by atoms with Gasteiger partial charge in [0, 0.05) is 23.2 Å². The number of hydrogen-bond donors (Lipinski definition) is 2.